The Hall–Kier alpha value is -2.71. The first-order chi connectivity index (χ1) is 14.3. The maximum Gasteiger partial charge on any atom is 0.306 e. The van der Waals surface area contributed by atoms with Gasteiger partial charge in [-0.2, -0.15) is 4.31 Å². The summed E-state index contributed by atoms with van der Waals surface area (Å²) < 4.78 is 36.5. The van der Waals surface area contributed by atoms with Gasteiger partial charge in [-0.25, -0.2) is 8.42 Å². The first-order valence-corrected chi connectivity index (χ1v) is 11.2. The average Bonchev–Trinajstić information content (AvgIpc) is 2.77. The summed E-state index contributed by atoms with van der Waals surface area (Å²) in [5.41, 5.74) is 1.22. The van der Waals surface area contributed by atoms with Crippen LogP contribution in [0, 0.1) is 0 Å². The van der Waals surface area contributed by atoms with Gasteiger partial charge in [-0.3, -0.25) is 9.59 Å². The fraction of sp³-hybridized carbons (Fsp3) is 0.364. The predicted octanol–water partition coefficient (Wildman–Crippen LogP) is 3.08. The summed E-state index contributed by atoms with van der Waals surface area (Å²) in [6.45, 7) is 4.05. The van der Waals surface area contributed by atoms with Crippen LogP contribution in [0.2, 0.25) is 0 Å². The van der Waals surface area contributed by atoms with Crippen molar-refractivity contribution in [2.24, 2.45) is 0 Å². The molecule has 0 spiro atoms. The molecule has 2 aromatic carbocycles. The topological polar surface area (TPSA) is 90.0 Å². The lowest BCUT2D eigenvalue weighted by Crippen LogP contribution is -2.30. The highest BCUT2D eigenvalue weighted by molar-refractivity contribution is 7.89. The quantitative estimate of drug-likeness (QED) is 0.400. The number of esters is 1. The van der Waals surface area contributed by atoms with E-state index in [-0.39, 0.29) is 23.7 Å². The summed E-state index contributed by atoms with van der Waals surface area (Å²) in [5, 5.41) is 0. The number of nitrogens with zero attached hydrogens (tertiary/aromatic N) is 1. The zero-order valence-corrected chi connectivity index (χ0v) is 18.3. The highest BCUT2D eigenvalue weighted by Crippen LogP contribution is 2.17. The Bertz CT molecular complexity index is 965. The molecule has 0 bridgehead atoms. The van der Waals surface area contributed by atoms with Crippen LogP contribution in [0.3, 0.4) is 0 Å². The number of rotatable bonds is 11. The van der Waals surface area contributed by atoms with Gasteiger partial charge in [0.1, 0.15) is 5.75 Å². The molecule has 0 unspecified atom stereocenters. The summed E-state index contributed by atoms with van der Waals surface area (Å²) in [4.78, 5) is 24.3. The molecule has 2 rings (SSSR count). The normalized spacial score (nSPS) is 11.3. The molecule has 0 heterocycles. The van der Waals surface area contributed by atoms with Crippen molar-refractivity contribution in [3.8, 4) is 5.75 Å². The van der Waals surface area contributed by atoms with Crippen LogP contribution >= 0.6 is 0 Å². The molecule has 162 valence electrons. The van der Waals surface area contributed by atoms with Crippen LogP contribution in [0.5, 0.6) is 5.75 Å². The van der Waals surface area contributed by atoms with Crippen LogP contribution < -0.4 is 4.74 Å². The van der Waals surface area contributed by atoms with E-state index in [0.29, 0.717) is 30.8 Å². The van der Waals surface area contributed by atoms with Gasteiger partial charge in [-0.15, -0.1) is 0 Å². The Morgan fingerprint density at radius 2 is 1.67 bits per heavy atom. The molecule has 2 aromatic rings. The van der Waals surface area contributed by atoms with E-state index in [1.54, 1.807) is 62.4 Å². The lowest BCUT2D eigenvalue weighted by molar-refractivity contribution is -0.142. The molecule has 8 heteroatoms. The van der Waals surface area contributed by atoms with Crippen LogP contribution in [0.25, 0.3) is 0 Å². The highest BCUT2D eigenvalue weighted by atomic mass is 32.2. The number of Topliss-reactive ketones (excluding diaryl/α,β-unsaturated/α-hetero) is 1. The Kier molecular flexibility index (Phi) is 8.56. The van der Waals surface area contributed by atoms with Crippen molar-refractivity contribution in [3.05, 3.63) is 59.7 Å². The number of methoxy groups -OCH3 is 1. The van der Waals surface area contributed by atoms with Crippen LogP contribution in [0.1, 0.15) is 36.2 Å². The van der Waals surface area contributed by atoms with Crippen molar-refractivity contribution in [1.29, 1.82) is 0 Å². The monoisotopic (exact) mass is 433 g/mol. The van der Waals surface area contributed by atoms with E-state index in [2.05, 4.69) is 0 Å². The largest absolute Gasteiger partial charge is 0.497 e. The fourth-order valence-corrected chi connectivity index (χ4v) is 4.34. The van der Waals surface area contributed by atoms with E-state index in [9.17, 15) is 18.0 Å². The minimum Gasteiger partial charge on any atom is -0.497 e. The number of aryl methyl sites for hydroxylation is 1. The first kappa shape index (κ1) is 23.6. The number of sulfonamides is 1. The maximum absolute atomic E-state index is 12.5. The zero-order chi connectivity index (χ0) is 22.1. The lowest BCUT2D eigenvalue weighted by atomic mass is 10.1. The van der Waals surface area contributed by atoms with E-state index < -0.39 is 16.0 Å². The second-order valence-electron chi connectivity index (χ2n) is 6.55. The summed E-state index contributed by atoms with van der Waals surface area (Å²) in [6.07, 6.45) is 0.477. The highest BCUT2D eigenvalue weighted by Gasteiger charge is 2.21. The molecule has 0 aromatic heterocycles. The zero-order valence-electron chi connectivity index (χ0n) is 17.5. The van der Waals surface area contributed by atoms with Crippen molar-refractivity contribution in [2.75, 3.05) is 26.8 Å². The van der Waals surface area contributed by atoms with Crippen LogP contribution in [0.4, 0.5) is 0 Å². The van der Waals surface area contributed by atoms with Gasteiger partial charge in [-0.05, 0) is 36.2 Å². The molecule has 0 saturated carbocycles. The van der Waals surface area contributed by atoms with Gasteiger partial charge in [0.05, 0.1) is 12.0 Å². The van der Waals surface area contributed by atoms with Crippen molar-refractivity contribution >= 4 is 21.8 Å². The van der Waals surface area contributed by atoms with Crippen LogP contribution in [0.15, 0.2) is 53.4 Å². The second-order valence-corrected chi connectivity index (χ2v) is 8.49. The van der Waals surface area contributed by atoms with Crippen LogP contribution in [-0.2, 0) is 26.0 Å². The van der Waals surface area contributed by atoms with Crippen molar-refractivity contribution in [2.45, 2.75) is 31.6 Å². The van der Waals surface area contributed by atoms with Gasteiger partial charge in [-0.1, -0.05) is 38.1 Å². The third-order valence-corrected chi connectivity index (χ3v) is 6.70. The van der Waals surface area contributed by atoms with Gasteiger partial charge in [0.15, 0.2) is 12.4 Å². The SMILES string of the molecule is CCN(CC)S(=O)(=O)c1ccc(CCC(=O)OCC(=O)c2cccc(OC)c2)cc1. The predicted molar refractivity (Wildman–Crippen MR) is 113 cm³/mol. The van der Waals surface area contributed by atoms with Gasteiger partial charge < -0.3 is 9.47 Å². The molecule has 30 heavy (non-hydrogen) atoms. The molecular weight excluding hydrogens is 406 g/mol. The third kappa shape index (κ3) is 6.14. The van der Waals surface area contributed by atoms with E-state index in [0.717, 1.165) is 5.56 Å². The number of carbonyl (C=O) groups is 2. The Morgan fingerprint density at radius 3 is 2.27 bits per heavy atom. The Morgan fingerprint density at radius 1 is 1.00 bits per heavy atom. The standard InChI is InChI=1S/C22H27NO6S/c1-4-23(5-2)30(26,27)20-12-9-17(10-13-20)11-14-22(25)29-16-21(24)18-7-6-8-19(15-18)28-3/h6-10,12-13,15H,4-5,11,14,16H2,1-3H3. The molecular formula is C22H27NO6S. The van der Waals surface area contributed by atoms with Crippen molar-refractivity contribution in [1.82, 2.24) is 4.31 Å². The van der Waals surface area contributed by atoms with E-state index in [1.165, 1.54) is 11.4 Å². The molecule has 0 N–H and O–H groups in total. The van der Waals surface area contributed by atoms with Gasteiger partial charge in [0, 0.05) is 25.1 Å². The average molecular weight is 434 g/mol. The summed E-state index contributed by atoms with van der Waals surface area (Å²) in [7, 11) is -1.99. The maximum atomic E-state index is 12.5. The van der Waals surface area contributed by atoms with E-state index >= 15 is 0 Å². The molecule has 7 nitrogen and oxygen atoms in total. The van der Waals surface area contributed by atoms with E-state index in [4.69, 9.17) is 9.47 Å². The van der Waals surface area contributed by atoms with Crippen molar-refractivity contribution in [3.63, 3.8) is 0 Å². The summed E-state index contributed by atoms with van der Waals surface area (Å²) in [6, 6.07) is 13.1. The minimum absolute atomic E-state index is 0.0908. The number of ketones is 1. The van der Waals surface area contributed by atoms with Gasteiger partial charge in [0.2, 0.25) is 10.0 Å². The molecule has 0 atom stereocenters. The molecule has 0 aliphatic rings. The number of hydrogen-bond donors (Lipinski definition) is 0. The molecule has 0 amide bonds. The van der Waals surface area contributed by atoms with Gasteiger partial charge in [0.25, 0.3) is 0 Å². The number of hydrogen-bond acceptors (Lipinski definition) is 6. The first-order valence-electron chi connectivity index (χ1n) is 9.73. The lowest BCUT2D eigenvalue weighted by Gasteiger charge is -2.18. The van der Waals surface area contributed by atoms with Gasteiger partial charge >= 0.3 is 5.97 Å². The van der Waals surface area contributed by atoms with E-state index in [1.807, 2.05) is 0 Å². The van der Waals surface area contributed by atoms with Crippen LogP contribution in [-0.4, -0.2) is 51.3 Å². The fourth-order valence-electron chi connectivity index (χ4n) is 2.89. The molecule has 0 fully saturated rings. The Labute approximate surface area is 177 Å². The number of benzene rings is 2. The number of ether oxygens (including phenoxy) is 2. The molecule has 0 radical (unpaired) electrons. The molecule has 0 aliphatic heterocycles. The third-order valence-electron chi connectivity index (χ3n) is 4.64. The molecule has 0 saturated heterocycles. The summed E-state index contributed by atoms with van der Waals surface area (Å²) >= 11 is 0. The summed E-state index contributed by atoms with van der Waals surface area (Å²) in [5.74, 6) is -0.252. The molecule has 0 aliphatic carbocycles. The minimum atomic E-state index is -3.50. The Balaban J connectivity index is 1.86. The van der Waals surface area contributed by atoms with Crippen molar-refractivity contribution < 1.29 is 27.5 Å². The second kappa shape index (κ2) is 10.9. The number of carbonyl (C=O) groups excluding carboxylic acids is 2. The smallest absolute Gasteiger partial charge is 0.306 e.